The van der Waals surface area contributed by atoms with Crippen molar-refractivity contribution in [2.24, 2.45) is 0 Å². The summed E-state index contributed by atoms with van der Waals surface area (Å²) in [6.45, 7) is 2.28. The minimum Gasteiger partial charge on any atom is -0.492 e. The first kappa shape index (κ1) is 16.8. The first-order chi connectivity index (χ1) is 11.2. The van der Waals surface area contributed by atoms with Crippen molar-refractivity contribution in [1.82, 2.24) is 5.32 Å². The zero-order chi connectivity index (χ0) is 16.5. The molecule has 0 aromatic heterocycles. The quantitative estimate of drug-likeness (QED) is 0.736. The number of anilines is 1. The smallest absolute Gasteiger partial charge is 0.319 e. The van der Waals surface area contributed by atoms with Crippen molar-refractivity contribution in [1.29, 1.82) is 0 Å². The summed E-state index contributed by atoms with van der Waals surface area (Å²) in [5.74, 6) is 0.619. The molecule has 0 spiro atoms. The SMILES string of the molecule is CCOc1ccccc1NC(=O)NC(CO)Cc1ccccc1. The number of carbonyl (C=O) groups excluding carboxylic acids is 1. The van der Waals surface area contributed by atoms with Gasteiger partial charge in [0, 0.05) is 0 Å². The van der Waals surface area contributed by atoms with Crippen molar-refractivity contribution in [2.45, 2.75) is 19.4 Å². The van der Waals surface area contributed by atoms with Crippen molar-refractivity contribution in [3.05, 3.63) is 60.2 Å². The first-order valence-corrected chi connectivity index (χ1v) is 7.67. The molecule has 0 aliphatic carbocycles. The van der Waals surface area contributed by atoms with Crippen LogP contribution in [0.3, 0.4) is 0 Å². The van der Waals surface area contributed by atoms with E-state index in [2.05, 4.69) is 10.6 Å². The molecule has 0 bridgehead atoms. The fourth-order valence-corrected chi connectivity index (χ4v) is 2.25. The van der Waals surface area contributed by atoms with E-state index in [1.54, 1.807) is 12.1 Å². The molecule has 0 saturated heterocycles. The van der Waals surface area contributed by atoms with Gasteiger partial charge < -0.3 is 20.5 Å². The number of benzene rings is 2. The summed E-state index contributed by atoms with van der Waals surface area (Å²) in [5, 5.41) is 15.0. The molecule has 0 aliphatic heterocycles. The second kappa shape index (κ2) is 8.80. The van der Waals surface area contributed by atoms with E-state index in [9.17, 15) is 9.90 Å². The summed E-state index contributed by atoms with van der Waals surface area (Å²) in [7, 11) is 0. The molecule has 23 heavy (non-hydrogen) atoms. The van der Waals surface area contributed by atoms with E-state index < -0.39 is 0 Å². The molecule has 0 fully saturated rings. The highest BCUT2D eigenvalue weighted by Crippen LogP contribution is 2.23. The van der Waals surface area contributed by atoms with Gasteiger partial charge in [0.15, 0.2) is 0 Å². The van der Waals surface area contributed by atoms with Gasteiger partial charge in [0.2, 0.25) is 0 Å². The number of nitrogens with one attached hydrogen (secondary N) is 2. The zero-order valence-electron chi connectivity index (χ0n) is 13.2. The van der Waals surface area contributed by atoms with Gasteiger partial charge in [-0.05, 0) is 31.0 Å². The molecule has 1 atom stereocenters. The van der Waals surface area contributed by atoms with Crippen LogP contribution in [0.4, 0.5) is 10.5 Å². The number of ether oxygens (including phenoxy) is 1. The minimum absolute atomic E-state index is 0.130. The summed E-state index contributed by atoms with van der Waals surface area (Å²) in [6.07, 6.45) is 0.567. The fraction of sp³-hybridized carbons (Fsp3) is 0.278. The molecule has 2 aromatic carbocycles. The van der Waals surface area contributed by atoms with Gasteiger partial charge in [0.25, 0.3) is 0 Å². The zero-order valence-corrected chi connectivity index (χ0v) is 13.2. The number of hydrogen-bond acceptors (Lipinski definition) is 3. The molecule has 0 saturated carbocycles. The molecule has 0 aliphatic rings. The van der Waals surface area contributed by atoms with Crippen LogP contribution in [-0.2, 0) is 6.42 Å². The minimum atomic E-state index is -0.368. The summed E-state index contributed by atoms with van der Waals surface area (Å²) in [6, 6.07) is 16.3. The summed E-state index contributed by atoms with van der Waals surface area (Å²) < 4.78 is 5.47. The van der Waals surface area contributed by atoms with E-state index in [1.165, 1.54) is 0 Å². The average molecular weight is 314 g/mol. The van der Waals surface area contributed by atoms with Gasteiger partial charge >= 0.3 is 6.03 Å². The molecule has 0 heterocycles. The van der Waals surface area contributed by atoms with Gasteiger partial charge in [-0.25, -0.2) is 4.79 Å². The van der Waals surface area contributed by atoms with Crippen molar-refractivity contribution in [2.75, 3.05) is 18.5 Å². The Bertz CT molecular complexity index is 617. The van der Waals surface area contributed by atoms with Gasteiger partial charge in [-0.15, -0.1) is 0 Å². The van der Waals surface area contributed by atoms with E-state index in [0.717, 1.165) is 5.56 Å². The van der Waals surface area contributed by atoms with Gasteiger partial charge in [0.1, 0.15) is 5.75 Å². The van der Waals surface area contributed by atoms with Crippen molar-refractivity contribution in [3.8, 4) is 5.75 Å². The molecule has 5 nitrogen and oxygen atoms in total. The molecule has 3 N–H and O–H groups in total. The monoisotopic (exact) mass is 314 g/mol. The predicted octanol–water partition coefficient (Wildman–Crippen LogP) is 2.81. The molecule has 2 amide bonds. The molecular weight excluding hydrogens is 292 g/mol. The number of carbonyl (C=O) groups is 1. The maximum absolute atomic E-state index is 12.1. The highest BCUT2D eigenvalue weighted by Gasteiger charge is 2.13. The highest BCUT2D eigenvalue weighted by molar-refractivity contribution is 5.91. The Labute approximate surface area is 136 Å². The second-order valence-corrected chi connectivity index (χ2v) is 5.10. The number of aliphatic hydroxyl groups is 1. The summed E-state index contributed by atoms with van der Waals surface area (Å²) >= 11 is 0. The van der Waals surface area contributed by atoms with Crippen molar-refractivity contribution >= 4 is 11.7 Å². The number of para-hydroxylation sites is 2. The number of urea groups is 1. The van der Waals surface area contributed by atoms with Crippen LogP contribution < -0.4 is 15.4 Å². The third-order valence-electron chi connectivity index (χ3n) is 3.32. The Morgan fingerprint density at radius 2 is 1.83 bits per heavy atom. The molecule has 122 valence electrons. The maximum atomic E-state index is 12.1. The molecule has 1 unspecified atom stereocenters. The summed E-state index contributed by atoms with van der Waals surface area (Å²) in [5.41, 5.74) is 1.66. The topological polar surface area (TPSA) is 70.6 Å². The Hall–Kier alpha value is -2.53. The Morgan fingerprint density at radius 3 is 2.52 bits per heavy atom. The maximum Gasteiger partial charge on any atom is 0.319 e. The van der Waals surface area contributed by atoms with E-state index >= 15 is 0 Å². The van der Waals surface area contributed by atoms with E-state index in [-0.39, 0.29) is 18.7 Å². The molecule has 2 rings (SSSR count). The average Bonchev–Trinajstić information content (AvgIpc) is 2.57. The highest BCUT2D eigenvalue weighted by atomic mass is 16.5. The standard InChI is InChI=1S/C18H22N2O3/c1-2-23-17-11-7-6-10-16(17)20-18(22)19-15(13-21)12-14-8-4-3-5-9-14/h3-11,15,21H,2,12-13H2,1H3,(H2,19,20,22). The van der Waals surface area contributed by atoms with Crippen LogP contribution in [0.5, 0.6) is 5.75 Å². The first-order valence-electron chi connectivity index (χ1n) is 7.67. The van der Waals surface area contributed by atoms with Crippen molar-refractivity contribution < 1.29 is 14.6 Å². The number of amides is 2. The molecule has 2 aromatic rings. The lowest BCUT2D eigenvalue weighted by molar-refractivity contribution is 0.224. The fourth-order valence-electron chi connectivity index (χ4n) is 2.25. The van der Waals surface area contributed by atoms with Gasteiger partial charge in [-0.2, -0.15) is 0 Å². The van der Waals surface area contributed by atoms with Gasteiger partial charge in [0.05, 0.1) is 24.9 Å². The van der Waals surface area contributed by atoms with E-state index in [0.29, 0.717) is 24.5 Å². The third kappa shape index (κ3) is 5.30. The third-order valence-corrected chi connectivity index (χ3v) is 3.32. The lowest BCUT2D eigenvalue weighted by Crippen LogP contribution is -2.41. The molecular formula is C18H22N2O3. The van der Waals surface area contributed by atoms with Crippen LogP contribution in [0.2, 0.25) is 0 Å². The van der Waals surface area contributed by atoms with Crippen LogP contribution in [0.1, 0.15) is 12.5 Å². The van der Waals surface area contributed by atoms with Crippen LogP contribution in [0.15, 0.2) is 54.6 Å². The van der Waals surface area contributed by atoms with Crippen LogP contribution in [0.25, 0.3) is 0 Å². The number of hydrogen-bond donors (Lipinski definition) is 3. The second-order valence-electron chi connectivity index (χ2n) is 5.10. The van der Waals surface area contributed by atoms with E-state index in [4.69, 9.17) is 4.74 Å². The predicted molar refractivity (Wildman–Crippen MR) is 90.8 cm³/mol. The largest absolute Gasteiger partial charge is 0.492 e. The van der Waals surface area contributed by atoms with Crippen LogP contribution in [0, 0.1) is 0 Å². The lowest BCUT2D eigenvalue weighted by Gasteiger charge is -2.18. The van der Waals surface area contributed by atoms with Crippen LogP contribution in [-0.4, -0.2) is 30.4 Å². The number of aliphatic hydroxyl groups excluding tert-OH is 1. The van der Waals surface area contributed by atoms with Crippen LogP contribution >= 0.6 is 0 Å². The summed E-state index contributed by atoms with van der Waals surface area (Å²) in [4.78, 5) is 12.1. The number of rotatable bonds is 7. The Balaban J connectivity index is 1.95. The molecule has 5 heteroatoms. The van der Waals surface area contributed by atoms with Gasteiger partial charge in [-0.3, -0.25) is 0 Å². The normalized spacial score (nSPS) is 11.6. The van der Waals surface area contributed by atoms with Crippen molar-refractivity contribution in [3.63, 3.8) is 0 Å². The molecule has 0 radical (unpaired) electrons. The Morgan fingerprint density at radius 1 is 1.13 bits per heavy atom. The Kier molecular flexibility index (Phi) is 6.44. The lowest BCUT2D eigenvalue weighted by atomic mass is 10.1. The van der Waals surface area contributed by atoms with E-state index in [1.807, 2.05) is 49.4 Å². The van der Waals surface area contributed by atoms with Gasteiger partial charge in [-0.1, -0.05) is 42.5 Å².